The minimum absolute atomic E-state index is 0.0531. The summed E-state index contributed by atoms with van der Waals surface area (Å²) in [6, 6.07) is 1.99. The van der Waals surface area contributed by atoms with Crippen molar-refractivity contribution in [3.8, 4) is 0 Å². The second kappa shape index (κ2) is 6.93. The van der Waals surface area contributed by atoms with E-state index in [2.05, 4.69) is 4.98 Å². The molecule has 2 aromatic rings. The number of nitrogens with zero attached hydrogens (tertiary/aromatic N) is 2. The van der Waals surface area contributed by atoms with E-state index in [-0.39, 0.29) is 5.56 Å². The molecule has 1 aromatic heterocycles. The number of hydrogen-bond acceptors (Lipinski definition) is 5. The van der Waals surface area contributed by atoms with Crippen LogP contribution >= 0.6 is 11.3 Å². The van der Waals surface area contributed by atoms with Crippen molar-refractivity contribution < 1.29 is 18.3 Å². The molecule has 1 heterocycles. The SMILES string of the molecule is COC(=O)[C@H](c1cc(F)ccc1F)N(C)Cc1nc(C)cs1. The number of likely N-dealkylation sites (N-methyl/N-ethyl adjacent to an activating group) is 1. The fourth-order valence-corrected chi connectivity index (χ4v) is 2.99. The summed E-state index contributed by atoms with van der Waals surface area (Å²) in [6.45, 7) is 2.19. The van der Waals surface area contributed by atoms with Gasteiger partial charge in [-0.05, 0) is 32.2 Å². The van der Waals surface area contributed by atoms with E-state index < -0.39 is 23.6 Å². The van der Waals surface area contributed by atoms with Crippen LogP contribution < -0.4 is 0 Å². The molecular weight excluding hydrogens is 310 g/mol. The summed E-state index contributed by atoms with van der Waals surface area (Å²) >= 11 is 1.44. The van der Waals surface area contributed by atoms with Crippen molar-refractivity contribution in [1.29, 1.82) is 0 Å². The molecule has 0 fully saturated rings. The number of halogens is 2. The molecule has 0 aliphatic heterocycles. The molecule has 1 aromatic carbocycles. The maximum absolute atomic E-state index is 14.0. The molecule has 0 aliphatic rings. The number of hydrogen-bond donors (Lipinski definition) is 0. The second-order valence-electron chi connectivity index (χ2n) is 4.89. The fraction of sp³-hybridized carbons (Fsp3) is 0.333. The van der Waals surface area contributed by atoms with E-state index in [1.165, 1.54) is 18.4 Å². The van der Waals surface area contributed by atoms with Crippen molar-refractivity contribution in [2.24, 2.45) is 0 Å². The molecule has 118 valence electrons. The van der Waals surface area contributed by atoms with E-state index >= 15 is 0 Å². The largest absolute Gasteiger partial charge is 0.468 e. The molecule has 0 saturated heterocycles. The normalized spacial score (nSPS) is 12.5. The zero-order valence-corrected chi connectivity index (χ0v) is 13.3. The van der Waals surface area contributed by atoms with Crippen LogP contribution in [-0.2, 0) is 16.1 Å². The van der Waals surface area contributed by atoms with Crippen LogP contribution in [0.1, 0.15) is 22.3 Å². The molecule has 22 heavy (non-hydrogen) atoms. The van der Waals surface area contributed by atoms with Gasteiger partial charge in [0.2, 0.25) is 0 Å². The zero-order chi connectivity index (χ0) is 16.3. The van der Waals surface area contributed by atoms with Crippen LogP contribution in [0, 0.1) is 18.6 Å². The van der Waals surface area contributed by atoms with Gasteiger partial charge >= 0.3 is 5.97 Å². The summed E-state index contributed by atoms with van der Waals surface area (Å²) in [6.07, 6.45) is 0. The molecule has 0 amide bonds. The lowest BCUT2D eigenvalue weighted by atomic mass is 10.0. The number of aryl methyl sites for hydroxylation is 1. The Kier molecular flexibility index (Phi) is 5.20. The monoisotopic (exact) mass is 326 g/mol. The van der Waals surface area contributed by atoms with Gasteiger partial charge < -0.3 is 4.74 Å². The number of benzene rings is 1. The Balaban J connectivity index is 2.33. The summed E-state index contributed by atoms with van der Waals surface area (Å²) in [5, 5.41) is 2.67. The number of methoxy groups -OCH3 is 1. The molecule has 0 saturated carbocycles. The number of thiazole rings is 1. The van der Waals surface area contributed by atoms with E-state index in [1.54, 1.807) is 11.9 Å². The predicted octanol–water partition coefficient (Wildman–Crippen LogP) is 3.08. The van der Waals surface area contributed by atoms with Gasteiger partial charge in [0.15, 0.2) is 0 Å². The number of aromatic nitrogens is 1. The van der Waals surface area contributed by atoms with E-state index in [1.807, 2.05) is 12.3 Å². The van der Waals surface area contributed by atoms with Crippen molar-refractivity contribution in [1.82, 2.24) is 9.88 Å². The molecule has 0 aliphatic carbocycles. The standard InChI is InChI=1S/C15H16F2N2O2S/c1-9-8-22-13(18-9)7-19(2)14(15(20)21-3)11-6-10(16)4-5-12(11)17/h4-6,8,14H,7H2,1-3H3/t14-/m0/s1. The maximum atomic E-state index is 14.0. The first-order chi connectivity index (χ1) is 10.4. The third-order valence-corrected chi connectivity index (χ3v) is 4.12. The lowest BCUT2D eigenvalue weighted by Gasteiger charge is -2.25. The Bertz CT molecular complexity index is 675. The van der Waals surface area contributed by atoms with E-state index in [4.69, 9.17) is 4.74 Å². The first kappa shape index (κ1) is 16.5. The van der Waals surface area contributed by atoms with Crippen molar-refractivity contribution in [3.63, 3.8) is 0 Å². The van der Waals surface area contributed by atoms with Crippen LogP contribution in [0.15, 0.2) is 23.6 Å². The Labute approximate surface area is 131 Å². The second-order valence-corrected chi connectivity index (χ2v) is 5.83. The lowest BCUT2D eigenvalue weighted by Crippen LogP contribution is -2.32. The average molecular weight is 326 g/mol. The summed E-state index contributed by atoms with van der Waals surface area (Å²) in [5.41, 5.74) is 0.822. The van der Waals surface area contributed by atoms with E-state index in [0.29, 0.717) is 6.54 Å². The molecule has 4 nitrogen and oxygen atoms in total. The minimum Gasteiger partial charge on any atom is -0.468 e. The number of rotatable bonds is 5. The molecule has 1 atom stereocenters. The van der Waals surface area contributed by atoms with E-state index in [9.17, 15) is 13.6 Å². The van der Waals surface area contributed by atoms with Gasteiger partial charge in [-0.2, -0.15) is 0 Å². The van der Waals surface area contributed by atoms with Crippen LogP contribution in [0.3, 0.4) is 0 Å². The highest BCUT2D eigenvalue weighted by Crippen LogP contribution is 2.26. The van der Waals surface area contributed by atoms with Crippen molar-refractivity contribution in [2.75, 3.05) is 14.2 Å². The Hall–Kier alpha value is -1.86. The Morgan fingerprint density at radius 3 is 2.77 bits per heavy atom. The first-order valence-corrected chi connectivity index (χ1v) is 7.44. The van der Waals surface area contributed by atoms with Crippen LogP contribution in [0.4, 0.5) is 8.78 Å². The van der Waals surface area contributed by atoms with Gasteiger partial charge in [-0.25, -0.2) is 18.6 Å². The summed E-state index contributed by atoms with van der Waals surface area (Å²) in [4.78, 5) is 17.9. The van der Waals surface area contributed by atoms with Gasteiger partial charge in [0.1, 0.15) is 22.7 Å². The van der Waals surface area contributed by atoms with Gasteiger partial charge in [-0.3, -0.25) is 4.90 Å². The number of carbonyl (C=O) groups is 1. The third-order valence-electron chi connectivity index (χ3n) is 3.17. The first-order valence-electron chi connectivity index (χ1n) is 6.56. The quantitative estimate of drug-likeness (QED) is 0.792. The number of carbonyl (C=O) groups excluding carboxylic acids is 1. The minimum atomic E-state index is -1.04. The van der Waals surface area contributed by atoms with Crippen molar-refractivity contribution >= 4 is 17.3 Å². The molecule has 0 radical (unpaired) electrons. The third kappa shape index (κ3) is 3.66. The highest BCUT2D eigenvalue weighted by molar-refractivity contribution is 7.09. The molecule has 7 heteroatoms. The smallest absolute Gasteiger partial charge is 0.327 e. The Morgan fingerprint density at radius 2 is 2.18 bits per heavy atom. The molecule has 0 unspecified atom stereocenters. The molecule has 0 bridgehead atoms. The maximum Gasteiger partial charge on any atom is 0.327 e. The Morgan fingerprint density at radius 1 is 1.45 bits per heavy atom. The van der Waals surface area contributed by atoms with Gasteiger partial charge in [-0.15, -0.1) is 11.3 Å². The van der Waals surface area contributed by atoms with Crippen LogP contribution in [0.5, 0.6) is 0 Å². The topological polar surface area (TPSA) is 42.4 Å². The molecular formula is C15H16F2N2O2S. The van der Waals surface area contributed by atoms with Gasteiger partial charge in [0.05, 0.1) is 13.7 Å². The zero-order valence-electron chi connectivity index (χ0n) is 12.5. The van der Waals surface area contributed by atoms with E-state index in [0.717, 1.165) is 28.9 Å². The molecule has 2 rings (SSSR count). The summed E-state index contributed by atoms with van der Waals surface area (Å²) in [7, 11) is 2.86. The van der Waals surface area contributed by atoms with Crippen LogP contribution in [-0.4, -0.2) is 30.0 Å². The fourth-order valence-electron chi connectivity index (χ4n) is 2.16. The summed E-state index contributed by atoms with van der Waals surface area (Å²) < 4.78 is 32.2. The van der Waals surface area contributed by atoms with Crippen LogP contribution in [0.25, 0.3) is 0 Å². The highest BCUT2D eigenvalue weighted by atomic mass is 32.1. The highest BCUT2D eigenvalue weighted by Gasteiger charge is 2.29. The van der Waals surface area contributed by atoms with Gasteiger partial charge in [-0.1, -0.05) is 0 Å². The molecule has 0 spiro atoms. The van der Waals surface area contributed by atoms with Crippen molar-refractivity contribution in [2.45, 2.75) is 19.5 Å². The van der Waals surface area contributed by atoms with Crippen molar-refractivity contribution in [3.05, 3.63) is 51.5 Å². The average Bonchev–Trinajstić information content (AvgIpc) is 2.87. The molecule has 0 N–H and O–H groups in total. The number of ether oxygens (including phenoxy) is 1. The van der Waals surface area contributed by atoms with Gasteiger partial charge in [0.25, 0.3) is 0 Å². The van der Waals surface area contributed by atoms with Crippen LogP contribution in [0.2, 0.25) is 0 Å². The lowest BCUT2D eigenvalue weighted by molar-refractivity contribution is -0.147. The van der Waals surface area contributed by atoms with Gasteiger partial charge in [0, 0.05) is 16.6 Å². The number of esters is 1. The predicted molar refractivity (Wildman–Crippen MR) is 79.4 cm³/mol. The summed E-state index contributed by atoms with van der Waals surface area (Å²) in [5.74, 6) is -1.91.